The summed E-state index contributed by atoms with van der Waals surface area (Å²) in [6, 6.07) is 13.5. The van der Waals surface area contributed by atoms with Crippen molar-refractivity contribution < 1.29 is 13.9 Å². The summed E-state index contributed by atoms with van der Waals surface area (Å²) in [5, 5.41) is 0. The van der Waals surface area contributed by atoms with Gasteiger partial charge in [0.15, 0.2) is 0 Å². The Morgan fingerprint density at radius 2 is 2.12 bits per heavy atom. The van der Waals surface area contributed by atoms with Crippen LogP contribution in [0.25, 0.3) is 11.6 Å². The third-order valence-corrected chi connectivity index (χ3v) is 4.33. The first-order valence-corrected chi connectivity index (χ1v) is 8.56. The van der Waals surface area contributed by atoms with E-state index in [4.69, 9.17) is 9.15 Å². The van der Waals surface area contributed by atoms with Crippen molar-refractivity contribution in [1.29, 1.82) is 0 Å². The van der Waals surface area contributed by atoms with Gasteiger partial charge < -0.3 is 14.1 Å². The minimum atomic E-state index is -0.342. The van der Waals surface area contributed by atoms with Gasteiger partial charge in [-0.15, -0.1) is 0 Å². The molecule has 0 atom stereocenters. The number of pyridine rings is 1. The topological polar surface area (TPSA) is 68.5 Å². The highest BCUT2D eigenvalue weighted by atomic mass is 16.6. The van der Waals surface area contributed by atoms with Crippen molar-refractivity contribution in [2.45, 2.75) is 26.5 Å². The standard InChI is InChI=1S/C20H19N3O3/c1-14-7-9-21-17(11-14)19-22-16-8-10-23(12-18(16)26-19)20(24)25-13-15-5-3-2-4-6-15/h2-7,9,11H,8,10,12-13H2,1H3. The summed E-state index contributed by atoms with van der Waals surface area (Å²) in [7, 11) is 0. The fourth-order valence-corrected chi connectivity index (χ4v) is 2.92. The van der Waals surface area contributed by atoms with Crippen molar-refractivity contribution >= 4 is 6.09 Å². The molecule has 0 aliphatic carbocycles. The first-order valence-electron chi connectivity index (χ1n) is 8.56. The molecule has 0 spiro atoms. The summed E-state index contributed by atoms with van der Waals surface area (Å²) in [5.74, 6) is 1.20. The van der Waals surface area contributed by atoms with E-state index in [2.05, 4.69) is 9.97 Å². The maximum atomic E-state index is 12.3. The number of benzene rings is 1. The number of fused-ring (bicyclic) bond motifs is 1. The minimum Gasteiger partial charge on any atom is -0.445 e. The van der Waals surface area contributed by atoms with Crippen molar-refractivity contribution in [2.75, 3.05) is 6.54 Å². The number of aromatic nitrogens is 2. The molecule has 1 aromatic carbocycles. The fourth-order valence-electron chi connectivity index (χ4n) is 2.92. The Morgan fingerprint density at radius 3 is 2.92 bits per heavy atom. The van der Waals surface area contributed by atoms with E-state index >= 15 is 0 Å². The van der Waals surface area contributed by atoms with Gasteiger partial charge in [-0.2, -0.15) is 0 Å². The summed E-state index contributed by atoms with van der Waals surface area (Å²) in [6.07, 6.45) is 2.04. The van der Waals surface area contributed by atoms with Gasteiger partial charge in [-0.1, -0.05) is 30.3 Å². The molecule has 0 saturated heterocycles. The van der Waals surface area contributed by atoms with Crippen LogP contribution in [-0.2, 0) is 24.3 Å². The van der Waals surface area contributed by atoms with Gasteiger partial charge in [0.05, 0.1) is 12.2 Å². The summed E-state index contributed by atoms with van der Waals surface area (Å²) in [4.78, 5) is 22.8. The van der Waals surface area contributed by atoms with Gasteiger partial charge in [0.1, 0.15) is 18.1 Å². The molecule has 3 aromatic rings. The van der Waals surface area contributed by atoms with Gasteiger partial charge >= 0.3 is 6.09 Å². The van der Waals surface area contributed by atoms with Gasteiger partial charge in [-0.05, 0) is 30.2 Å². The summed E-state index contributed by atoms with van der Waals surface area (Å²) in [6.45, 7) is 3.19. The van der Waals surface area contributed by atoms with Gasteiger partial charge in [-0.3, -0.25) is 4.98 Å². The second-order valence-corrected chi connectivity index (χ2v) is 6.32. The maximum absolute atomic E-state index is 12.3. The molecule has 132 valence electrons. The quantitative estimate of drug-likeness (QED) is 0.720. The Balaban J connectivity index is 1.43. The zero-order valence-electron chi connectivity index (χ0n) is 14.5. The van der Waals surface area contributed by atoms with E-state index in [0.717, 1.165) is 16.8 Å². The van der Waals surface area contributed by atoms with Crippen LogP contribution in [0.2, 0.25) is 0 Å². The molecular formula is C20H19N3O3. The number of aryl methyl sites for hydroxylation is 1. The lowest BCUT2D eigenvalue weighted by Crippen LogP contribution is -2.36. The molecule has 2 aromatic heterocycles. The van der Waals surface area contributed by atoms with Crippen molar-refractivity contribution in [3.63, 3.8) is 0 Å². The largest absolute Gasteiger partial charge is 0.445 e. The molecule has 1 aliphatic rings. The Morgan fingerprint density at radius 1 is 1.27 bits per heavy atom. The number of rotatable bonds is 3. The molecule has 1 aliphatic heterocycles. The van der Waals surface area contributed by atoms with E-state index in [-0.39, 0.29) is 12.7 Å². The molecule has 6 nitrogen and oxygen atoms in total. The highest BCUT2D eigenvalue weighted by Crippen LogP contribution is 2.26. The summed E-state index contributed by atoms with van der Waals surface area (Å²) >= 11 is 0. The zero-order valence-corrected chi connectivity index (χ0v) is 14.5. The summed E-state index contributed by atoms with van der Waals surface area (Å²) < 4.78 is 11.3. The maximum Gasteiger partial charge on any atom is 0.410 e. The highest BCUT2D eigenvalue weighted by Gasteiger charge is 2.27. The molecule has 0 unspecified atom stereocenters. The third-order valence-electron chi connectivity index (χ3n) is 4.33. The molecule has 26 heavy (non-hydrogen) atoms. The van der Waals surface area contributed by atoms with E-state index in [0.29, 0.717) is 36.9 Å². The second-order valence-electron chi connectivity index (χ2n) is 6.32. The Bertz CT molecular complexity index is 921. The summed E-state index contributed by atoms with van der Waals surface area (Å²) in [5.41, 5.74) is 3.65. The van der Waals surface area contributed by atoms with Gasteiger partial charge in [0.2, 0.25) is 5.89 Å². The molecule has 3 heterocycles. The van der Waals surface area contributed by atoms with Crippen LogP contribution in [0.15, 0.2) is 53.1 Å². The Kier molecular flexibility index (Phi) is 4.39. The first kappa shape index (κ1) is 16.3. The Labute approximate surface area is 151 Å². The number of carbonyl (C=O) groups is 1. The van der Waals surface area contributed by atoms with Gasteiger partial charge in [0.25, 0.3) is 0 Å². The second kappa shape index (κ2) is 7.00. The normalized spacial score (nSPS) is 13.3. The van der Waals surface area contributed by atoms with Crippen molar-refractivity contribution in [2.24, 2.45) is 0 Å². The predicted octanol–water partition coefficient (Wildman–Crippen LogP) is 3.74. The lowest BCUT2D eigenvalue weighted by atomic mass is 10.2. The molecule has 0 fully saturated rings. The highest BCUT2D eigenvalue weighted by molar-refractivity contribution is 5.68. The van der Waals surface area contributed by atoms with Crippen molar-refractivity contribution in [3.05, 3.63) is 71.2 Å². The van der Waals surface area contributed by atoms with Crippen molar-refractivity contribution in [1.82, 2.24) is 14.9 Å². The van der Waals surface area contributed by atoms with E-state index in [1.165, 1.54) is 0 Å². The number of hydrogen-bond acceptors (Lipinski definition) is 5. The molecule has 6 heteroatoms. The number of oxazole rings is 1. The van der Waals surface area contributed by atoms with E-state index in [9.17, 15) is 4.79 Å². The molecule has 0 radical (unpaired) electrons. The van der Waals surface area contributed by atoms with Crippen molar-refractivity contribution in [3.8, 4) is 11.6 Å². The van der Waals surface area contributed by atoms with Gasteiger partial charge in [0, 0.05) is 19.2 Å². The number of nitrogens with zero attached hydrogens (tertiary/aromatic N) is 3. The number of hydrogen-bond donors (Lipinski definition) is 0. The molecule has 0 N–H and O–H groups in total. The van der Waals surface area contributed by atoms with Crippen LogP contribution in [0.5, 0.6) is 0 Å². The van der Waals surface area contributed by atoms with Crippen LogP contribution in [-0.4, -0.2) is 27.5 Å². The van der Waals surface area contributed by atoms with Crippen LogP contribution in [0.3, 0.4) is 0 Å². The van der Waals surface area contributed by atoms with E-state index in [1.54, 1.807) is 11.1 Å². The lowest BCUT2D eigenvalue weighted by molar-refractivity contribution is 0.0887. The average Bonchev–Trinajstić information content (AvgIpc) is 3.10. The van der Waals surface area contributed by atoms with Crippen LogP contribution >= 0.6 is 0 Å². The number of amides is 1. The smallest absolute Gasteiger partial charge is 0.410 e. The zero-order chi connectivity index (χ0) is 17.9. The molecule has 1 amide bonds. The van der Waals surface area contributed by atoms with Crippen LogP contribution in [0, 0.1) is 6.92 Å². The predicted molar refractivity (Wildman–Crippen MR) is 95.2 cm³/mol. The minimum absolute atomic E-state index is 0.262. The van der Waals surface area contributed by atoms with Crippen LogP contribution in [0.4, 0.5) is 4.79 Å². The molecule has 0 saturated carbocycles. The Hall–Kier alpha value is -3.15. The average molecular weight is 349 g/mol. The SMILES string of the molecule is Cc1ccnc(-c2nc3c(o2)CN(C(=O)OCc2ccccc2)CC3)c1. The fraction of sp³-hybridized carbons (Fsp3) is 0.250. The van der Waals surface area contributed by atoms with E-state index in [1.807, 2.05) is 49.4 Å². The van der Waals surface area contributed by atoms with Gasteiger partial charge in [-0.25, -0.2) is 9.78 Å². The molecule has 0 bridgehead atoms. The first-order chi connectivity index (χ1) is 12.7. The number of carbonyl (C=O) groups excluding carboxylic acids is 1. The lowest BCUT2D eigenvalue weighted by Gasteiger charge is -2.24. The molecule has 4 rings (SSSR count). The van der Waals surface area contributed by atoms with Crippen LogP contribution < -0.4 is 0 Å². The third kappa shape index (κ3) is 3.44. The number of ether oxygens (including phenoxy) is 1. The molecular weight excluding hydrogens is 330 g/mol. The van der Waals surface area contributed by atoms with E-state index < -0.39 is 0 Å². The van der Waals surface area contributed by atoms with Crippen LogP contribution in [0.1, 0.15) is 22.6 Å². The monoisotopic (exact) mass is 349 g/mol.